The molecule has 0 spiro atoms. The van der Waals surface area contributed by atoms with Crippen molar-refractivity contribution < 1.29 is 18.0 Å². The fraction of sp³-hybridized carbons (Fsp3) is 0.280. The summed E-state index contributed by atoms with van der Waals surface area (Å²) < 4.78 is 29.3. The molecule has 1 fully saturated rings. The van der Waals surface area contributed by atoms with Crippen LogP contribution in [0.25, 0.3) is 10.1 Å². The van der Waals surface area contributed by atoms with Gasteiger partial charge in [-0.15, -0.1) is 11.3 Å². The molecule has 34 heavy (non-hydrogen) atoms. The first-order valence-corrected chi connectivity index (χ1v) is 13.3. The molecule has 4 rings (SSSR count). The molecule has 178 valence electrons. The maximum atomic E-state index is 13.4. The molecule has 1 aromatic heterocycles. The van der Waals surface area contributed by atoms with Crippen LogP contribution in [0.15, 0.2) is 72.1 Å². The minimum Gasteiger partial charge on any atom is -0.350 e. The first-order valence-electron chi connectivity index (χ1n) is 11.1. The van der Waals surface area contributed by atoms with Crippen LogP contribution in [0.2, 0.25) is 0 Å². The van der Waals surface area contributed by atoms with E-state index in [4.69, 9.17) is 0 Å². The molecular formula is C25H27N3O4S2. The fourth-order valence-corrected chi connectivity index (χ4v) is 7.33. The molecule has 2 N–H and O–H groups in total. The van der Waals surface area contributed by atoms with E-state index in [-0.39, 0.29) is 34.8 Å². The van der Waals surface area contributed by atoms with E-state index in [1.54, 1.807) is 12.1 Å². The van der Waals surface area contributed by atoms with Gasteiger partial charge in [0.25, 0.3) is 5.91 Å². The molecule has 2 aromatic carbocycles. The van der Waals surface area contributed by atoms with Crippen LogP contribution in [0.4, 0.5) is 5.69 Å². The van der Waals surface area contributed by atoms with Gasteiger partial charge >= 0.3 is 0 Å². The van der Waals surface area contributed by atoms with Crippen molar-refractivity contribution in [3.05, 3.63) is 72.1 Å². The molecule has 1 saturated heterocycles. The number of fused-ring (bicyclic) bond motifs is 1. The van der Waals surface area contributed by atoms with Crippen molar-refractivity contribution in [3.63, 3.8) is 0 Å². The molecular weight excluding hydrogens is 470 g/mol. The number of nitrogens with zero attached hydrogens (tertiary/aromatic N) is 1. The van der Waals surface area contributed by atoms with Gasteiger partial charge in [0.15, 0.2) is 0 Å². The highest BCUT2D eigenvalue weighted by molar-refractivity contribution is 7.89. The Morgan fingerprint density at radius 3 is 2.32 bits per heavy atom. The maximum Gasteiger partial charge on any atom is 0.265 e. The van der Waals surface area contributed by atoms with Gasteiger partial charge in [-0.2, -0.15) is 4.31 Å². The standard InChI is InChI=1S/C25H27N3O4S2/c1-4-24(29)26-20-13-16(2)28(17(3)14-20)34(31,32)21-11-9-19(10-12-21)27-25(30)23-15-18-7-5-6-8-22(18)33-23/h4-12,15-17,20H,1,13-14H2,2-3H3,(H,26,29)(H,27,30). The van der Waals surface area contributed by atoms with E-state index in [1.807, 2.05) is 44.2 Å². The molecule has 2 amide bonds. The number of hydrogen-bond donors (Lipinski definition) is 2. The Balaban J connectivity index is 1.46. The molecule has 9 heteroatoms. The molecule has 2 unspecified atom stereocenters. The smallest absolute Gasteiger partial charge is 0.265 e. The quantitative estimate of drug-likeness (QED) is 0.494. The number of nitrogens with one attached hydrogen (secondary N) is 2. The minimum atomic E-state index is -3.74. The van der Waals surface area contributed by atoms with Gasteiger partial charge in [0.2, 0.25) is 15.9 Å². The number of thiophene rings is 1. The van der Waals surface area contributed by atoms with E-state index in [9.17, 15) is 18.0 Å². The van der Waals surface area contributed by atoms with E-state index >= 15 is 0 Å². The highest BCUT2D eigenvalue weighted by Gasteiger charge is 2.39. The molecule has 7 nitrogen and oxygen atoms in total. The van der Waals surface area contributed by atoms with Crippen LogP contribution in [-0.2, 0) is 14.8 Å². The number of benzene rings is 2. The minimum absolute atomic E-state index is 0.103. The van der Waals surface area contributed by atoms with Crippen LogP contribution < -0.4 is 10.6 Å². The number of carbonyl (C=O) groups is 2. The van der Waals surface area contributed by atoms with Gasteiger partial charge in [-0.1, -0.05) is 24.8 Å². The number of sulfonamides is 1. The van der Waals surface area contributed by atoms with Crippen molar-refractivity contribution >= 4 is 48.9 Å². The highest BCUT2D eigenvalue weighted by Crippen LogP contribution is 2.31. The summed E-state index contributed by atoms with van der Waals surface area (Å²) in [6, 6.07) is 15.2. The number of anilines is 1. The third-order valence-electron chi connectivity index (χ3n) is 5.99. The van der Waals surface area contributed by atoms with Gasteiger partial charge in [-0.05, 0) is 74.5 Å². The summed E-state index contributed by atoms with van der Waals surface area (Å²) in [7, 11) is -3.74. The van der Waals surface area contributed by atoms with E-state index in [2.05, 4.69) is 17.2 Å². The average molecular weight is 498 g/mol. The predicted octanol–water partition coefficient (Wildman–Crippen LogP) is 4.39. The molecule has 1 aliphatic heterocycles. The topological polar surface area (TPSA) is 95.6 Å². The van der Waals surface area contributed by atoms with Gasteiger partial charge in [0.1, 0.15) is 0 Å². The van der Waals surface area contributed by atoms with Gasteiger partial charge < -0.3 is 10.6 Å². The third-order valence-corrected chi connectivity index (χ3v) is 9.25. The summed E-state index contributed by atoms with van der Waals surface area (Å²) >= 11 is 1.41. The second-order valence-corrected chi connectivity index (χ2v) is 11.5. The van der Waals surface area contributed by atoms with Crippen LogP contribution in [0.1, 0.15) is 36.4 Å². The summed E-state index contributed by atoms with van der Waals surface area (Å²) in [4.78, 5) is 25.1. The van der Waals surface area contributed by atoms with Gasteiger partial charge in [-0.25, -0.2) is 8.42 Å². The van der Waals surface area contributed by atoms with Crippen molar-refractivity contribution in [2.75, 3.05) is 5.32 Å². The number of carbonyl (C=O) groups excluding carboxylic acids is 2. The summed E-state index contributed by atoms with van der Waals surface area (Å²) in [5.74, 6) is -0.489. The van der Waals surface area contributed by atoms with E-state index in [1.165, 1.54) is 33.9 Å². The second-order valence-electron chi connectivity index (χ2n) is 8.54. The van der Waals surface area contributed by atoms with Crippen LogP contribution in [-0.4, -0.2) is 42.7 Å². The first kappa shape index (κ1) is 24.1. The first-order chi connectivity index (χ1) is 16.2. The Morgan fingerprint density at radius 2 is 1.71 bits per heavy atom. The highest BCUT2D eigenvalue weighted by atomic mass is 32.2. The Morgan fingerprint density at radius 1 is 1.06 bits per heavy atom. The van der Waals surface area contributed by atoms with Crippen molar-refractivity contribution in [2.45, 2.75) is 49.7 Å². The lowest BCUT2D eigenvalue weighted by Gasteiger charge is -2.41. The largest absolute Gasteiger partial charge is 0.350 e. The molecule has 0 saturated carbocycles. The zero-order valence-electron chi connectivity index (χ0n) is 19.0. The van der Waals surface area contributed by atoms with Crippen molar-refractivity contribution in [1.82, 2.24) is 9.62 Å². The zero-order valence-corrected chi connectivity index (χ0v) is 20.7. The number of amides is 2. The van der Waals surface area contributed by atoms with Crippen LogP contribution >= 0.6 is 11.3 Å². The predicted molar refractivity (Wildman–Crippen MR) is 136 cm³/mol. The Labute approximate surface area is 203 Å². The maximum absolute atomic E-state index is 13.4. The lowest BCUT2D eigenvalue weighted by molar-refractivity contribution is -0.117. The summed E-state index contributed by atoms with van der Waals surface area (Å²) in [6.45, 7) is 7.16. The summed E-state index contributed by atoms with van der Waals surface area (Å²) in [5, 5.41) is 6.72. The SMILES string of the molecule is C=CC(=O)NC1CC(C)N(S(=O)(=O)c2ccc(NC(=O)c3cc4ccccc4s3)cc2)C(C)C1. The molecule has 0 bridgehead atoms. The van der Waals surface area contributed by atoms with Crippen molar-refractivity contribution in [2.24, 2.45) is 0 Å². The molecule has 2 atom stereocenters. The molecule has 0 aliphatic carbocycles. The zero-order chi connectivity index (χ0) is 24.5. The number of hydrogen-bond acceptors (Lipinski definition) is 5. The fourth-order valence-electron chi connectivity index (χ4n) is 4.53. The summed E-state index contributed by atoms with van der Waals surface area (Å²) in [5.41, 5.74) is 0.522. The van der Waals surface area contributed by atoms with Gasteiger partial charge in [0.05, 0.1) is 9.77 Å². The van der Waals surface area contributed by atoms with Crippen LogP contribution in [0, 0.1) is 0 Å². The van der Waals surface area contributed by atoms with E-state index in [0.29, 0.717) is 23.4 Å². The van der Waals surface area contributed by atoms with Crippen molar-refractivity contribution in [1.29, 1.82) is 0 Å². The number of piperidine rings is 1. The van der Waals surface area contributed by atoms with E-state index in [0.717, 1.165) is 10.1 Å². The molecule has 0 radical (unpaired) electrons. The Hall–Kier alpha value is -3.01. The number of rotatable bonds is 6. The second kappa shape index (κ2) is 9.69. The summed E-state index contributed by atoms with van der Waals surface area (Å²) in [6.07, 6.45) is 2.26. The Bertz CT molecular complexity index is 1290. The average Bonchev–Trinajstić information content (AvgIpc) is 3.23. The third kappa shape index (κ3) is 4.91. The monoisotopic (exact) mass is 497 g/mol. The normalized spacial score (nSPS) is 21.2. The lowest BCUT2D eigenvalue weighted by atomic mass is 9.95. The van der Waals surface area contributed by atoms with Crippen molar-refractivity contribution in [3.8, 4) is 0 Å². The van der Waals surface area contributed by atoms with Gasteiger partial charge in [0, 0.05) is 28.5 Å². The van der Waals surface area contributed by atoms with Crippen LogP contribution in [0.3, 0.4) is 0 Å². The molecule has 1 aliphatic rings. The molecule has 2 heterocycles. The Kier molecular flexibility index (Phi) is 6.88. The molecule has 3 aromatic rings. The van der Waals surface area contributed by atoms with Crippen LogP contribution in [0.5, 0.6) is 0 Å². The van der Waals surface area contributed by atoms with E-state index < -0.39 is 10.0 Å². The van der Waals surface area contributed by atoms with Gasteiger partial charge in [-0.3, -0.25) is 9.59 Å². The lowest BCUT2D eigenvalue weighted by Crippen LogP contribution is -2.54.